The van der Waals surface area contributed by atoms with E-state index in [0.717, 1.165) is 24.8 Å². The summed E-state index contributed by atoms with van der Waals surface area (Å²) < 4.78 is 5.49. The maximum absolute atomic E-state index is 12.9. The number of nitrogens with zero attached hydrogens (tertiary/aromatic N) is 1. The fourth-order valence-corrected chi connectivity index (χ4v) is 5.32. The fourth-order valence-electron chi connectivity index (χ4n) is 4.17. The summed E-state index contributed by atoms with van der Waals surface area (Å²) in [7, 11) is 1.59. The molecule has 5 nitrogen and oxygen atoms in total. The molecular formula is C29H28N2O3S. The molecule has 1 aliphatic heterocycles. The van der Waals surface area contributed by atoms with E-state index in [1.165, 1.54) is 17.3 Å². The number of benzene rings is 3. The summed E-state index contributed by atoms with van der Waals surface area (Å²) in [5.41, 5.74) is 3.92. The van der Waals surface area contributed by atoms with Crippen molar-refractivity contribution in [3.8, 4) is 18.1 Å². The van der Waals surface area contributed by atoms with Crippen LogP contribution < -0.4 is 15.0 Å². The Balaban J connectivity index is 1.47. The number of thioether (sulfide) groups is 1. The fraction of sp³-hybridized carbons (Fsp3) is 0.241. The van der Waals surface area contributed by atoms with Crippen LogP contribution in [0.25, 0.3) is 0 Å². The lowest BCUT2D eigenvalue weighted by atomic mass is 10.0. The Labute approximate surface area is 210 Å². The van der Waals surface area contributed by atoms with Gasteiger partial charge in [-0.1, -0.05) is 48.4 Å². The third kappa shape index (κ3) is 5.87. The lowest BCUT2D eigenvalue weighted by Gasteiger charge is -2.26. The molecule has 0 saturated carbocycles. The van der Waals surface area contributed by atoms with E-state index in [2.05, 4.69) is 23.4 Å². The molecule has 1 N–H and O–H groups in total. The number of carbonyl (C=O) groups is 2. The Kier molecular flexibility index (Phi) is 8.12. The van der Waals surface area contributed by atoms with Crippen LogP contribution in [-0.4, -0.2) is 31.2 Å². The second-order valence-electron chi connectivity index (χ2n) is 8.29. The molecule has 0 bridgehead atoms. The predicted octanol–water partition coefficient (Wildman–Crippen LogP) is 5.21. The zero-order valence-corrected chi connectivity index (χ0v) is 20.5. The molecule has 6 heteroatoms. The summed E-state index contributed by atoms with van der Waals surface area (Å²) in [4.78, 5) is 27.5. The first-order chi connectivity index (χ1) is 17.1. The highest BCUT2D eigenvalue weighted by Crippen LogP contribution is 2.45. The van der Waals surface area contributed by atoms with Gasteiger partial charge in [0.15, 0.2) is 0 Å². The summed E-state index contributed by atoms with van der Waals surface area (Å²) in [6.45, 7) is 0.589. The van der Waals surface area contributed by atoms with Crippen LogP contribution >= 0.6 is 11.8 Å². The molecule has 2 amide bonds. The van der Waals surface area contributed by atoms with E-state index in [1.807, 2.05) is 54.6 Å². The first-order valence-corrected chi connectivity index (χ1v) is 12.7. The lowest BCUT2D eigenvalue weighted by Crippen LogP contribution is -2.29. The highest BCUT2D eigenvalue weighted by molar-refractivity contribution is 8.00. The van der Waals surface area contributed by atoms with Gasteiger partial charge in [-0.2, -0.15) is 0 Å². The lowest BCUT2D eigenvalue weighted by molar-refractivity contribution is -0.115. The molecular weight excluding hydrogens is 456 g/mol. The minimum Gasteiger partial charge on any atom is -0.495 e. The maximum Gasteiger partial charge on any atom is 0.251 e. The zero-order valence-electron chi connectivity index (χ0n) is 19.7. The number of hydrogen-bond acceptors (Lipinski definition) is 4. The summed E-state index contributed by atoms with van der Waals surface area (Å²) in [6.07, 6.45) is 8.58. The monoisotopic (exact) mass is 484 g/mol. The van der Waals surface area contributed by atoms with Gasteiger partial charge in [-0.15, -0.1) is 18.2 Å². The average molecular weight is 485 g/mol. The molecule has 3 aromatic rings. The van der Waals surface area contributed by atoms with E-state index < -0.39 is 0 Å². The first-order valence-electron chi connectivity index (χ1n) is 11.6. The molecule has 35 heavy (non-hydrogen) atoms. The standard InChI is InChI=1S/C29H28N2O3S/c1-3-21-17-23(28(33)30-16-10-9-13-22-11-5-4-6-12-22)19-24(18-21)29-31(27(32)20-35-29)25-14-7-8-15-26(25)34-2/h1,4-8,11-12,14-15,17-19,29H,9-10,13,16,20H2,2H3,(H,30,33). The zero-order chi connectivity index (χ0) is 24.6. The number of rotatable bonds is 9. The largest absolute Gasteiger partial charge is 0.495 e. The van der Waals surface area contributed by atoms with Gasteiger partial charge in [-0.05, 0) is 60.7 Å². The molecule has 4 rings (SSSR count). The molecule has 0 aliphatic carbocycles. The van der Waals surface area contributed by atoms with E-state index in [0.29, 0.717) is 34.9 Å². The van der Waals surface area contributed by atoms with Gasteiger partial charge in [0.2, 0.25) is 5.91 Å². The summed E-state index contributed by atoms with van der Waals surface area (Å²) in [6, 6.07) is 23.2. The van der Waals surface area contributed by atoms with E-state index in [1.54, 1.807) is 18.1 Å². The van der Waals surface area contributed by atoms with Gasteiger partial charge in [0.1, 0.15) is 11.1 Å². The Morgan fingerprint density at radius 1 is 1.11 bits per heavy atom. The number of nitrogens with one attached hydrogen (secondary N) is 1. The highest BCUT2D eigenvalue weighted by Gasteiger charge is 2.36. The second kappa shape index (κ2) is 11.6. The molecule has 178 valence electrons. The van der Waals surface area contributed by atoms with Gasteiger partial charge < -0.3 is 10.1 Å². The van der Waals surface area contributed by atoms with Crippen LogP contribution in [0.5, 0.6) is 5.75 Å². The van der Waals surface area contributed by atoms with Crippen molar-refractivity contribution in [1.82, 2.24) is 5.32 Å². The SMILES string of the molecule is C#Cc1cc(C(=O)NCCCCc2ccccc2)cc(C2SCC(=O)N2c2ccccc2OC)c1. The van der Waals surface area contributed by atoms with Crippen molar-refractivity contribution in [3.63, 3.8) is 0 Å². The Hall–Kier alpha value is -3.69. The van der Waals surface area contributed by atoms with E-state index in [-0.39, 0.29) is 17.2 Å². The van der Waals surface area contributed by atoms with Crippen molar-refractivity contribution in [2.45, 2.75) is 24.6 Å². The molecule has 1 atom stereocenters. The van der Waals surface area contributed by atoms with Crippen molar-refractivity contribution >= 4 is 29.3 Å². The van der Waals surface area contributed by atoms with Gasteiger partial charge in [-0.3, -0.25) is 14.5 Å². The van der Waals surface area contributed by atoms with Crippen LogP contribution in [0, 0.1) is 12.3 Å². The van der Waals surface area contributed by atoms with Crippen LogP contribution in [0.3, 0.4) is 0 Å². The predicted molar refractivity (Wildman–Crippen MR) is 142 cm³/mol. The topological polar surface area (TPSA) is 58.6 Å². The summed E-state index contributed by atoms with van der Waals surface area (Å²) in [5, 5.41) is 2.71. The van der Waals surface area contributed by atoms with Crippen LogP contribution in [0.2, 0.25) is 0 Å². The Bertz CT molecular complexity index is 1240. The summed E-state index contributed by atoms with van der Waals surface area (Å²) in [5.74, 6) is 3.43. The molecule has 0 spiro atoms. The minimum absolute atomic E-state index is 0.0139. The Morgan fingerprint density at radius 3 is 2.66 bits per heavy atom. The first kappa shape index (κ1) is 24.4. The second-order valence-corrected chi connectivity index (χ2v) is 9.35. The highest BCUT2D eigenvalue weighted by atomic mass is 32.2. The van der Waals surface area contributed by atoms with Gasteiger partial charge >= 0.3 is 0 Å². The van der Waals surface area contributed by atoms with E-state index >= 15 is 0 Å². The molecule has 0 aromatic heterocycles. The van der Waals surface area contributed by atoms with Gasteiger partial charge in [-0.25, -0.2) is 0 Å². The number of terminal acetylenes is 1. The van der Waals surface area contributed by atoms with Gasteiger partial charge in [0.25, 0.3) is 5.91 Å². The molecule has 1 heterocycles. The molecule has 3 aromatic carbocycles. The summed E-state index contributed by atoms with van der Waals surface area (Å²) >= 11 is 1.51. The number of hydrogen-bond donors (Lipinski definition) is 1. The number of unbranched alkanes of at least 4 members (excludes halogenated alkanes) is 1. The van der Waals surface area contributed by atoms with Crippen LogP contribution in [-0.2, 0) is 11.2 Å². The van der Waals surface area contributed by atoms with Crippen LogP contribution in [0.4, 0.5) is 5.69 Å². The average Bonchev–Trinajstić information content (AvgIpc) is 3.29. The molecule has 1 fully saturated rings. The quantitative estimate of drug-likeness (QED) is 0.335. The molecule has 1 unspecified atom stereocenters. The minimum atomic E-state index is -0.301. The Morgan fingerprint density at radius 2 is 1.89 bits per heavy atom. The number of amides is 2. The number of aryl methyl sites for hydroxylation is 1. The number of carbonyl (C=O) groups excluding carboxylic acids is 2. The molecule has 0 radical (unpaired) electrons. The van der Waals surface area contributed by atoms with Crippen molar-refractivity contribution in [2.75, 3.05) is 24.3 Å². The van der Waals surface area contributed by atoms with Gasteiger partial charge in [0, 0.05) is 17.7 Å². The van der Waals surface area contributed by atoms with Gasteiger partial charge in [0.05, 0.1) is 18.6 Å². The normalized spacial score (nSPS) is 15.0. The molecule has 1 aliphatic rings. The van der Waals surface area contributed by atoms with E-state index in [4.69, 9.17) is 11.2 Å². The number of anilines is 1. The third-order valence-electron chi connectivity index (χ3n) is 5.90. The smallest absolute Gasteiger partial charge is 0.251 e. The van der Waals surface area contributed by atoms with E-state index in [9.17, 15) is 9.59 Å². The van der Waals surface area contributed by atoms with Crippen LogP contribution in [0.15, 0.2) is 72.8 Å². The molecule has 1 saturated heterocycles. The van der Waals surface area contributed by atoms with Crippen molar-refractivity contribution < 1.29 is 14.3 Å². The van der Waals surface area contributed by atoms with Crippen molar-refractivity contribution in [2.24, 2.45) is 0 Å². The van der Waals surface area contributed by atoms with Crippen LogP contribution in [0.1, 0.15) is 45.3 Å². The number of ether oxygens (including phenoxy) is 1. The number of methoxy groups -OCH3 is 1. The third-order valence-corrected chi connectivity index (χ3v) is 7.11. The van der Waals surface area contributed by atoms with Crippen molar-refractivity contribution in [3.05, 3.63) is 95.1 Å². The number of para-hydroxylation sites is 2. The maximum atomic E-state index is 12.9. The van der Waals surface area contributed by atoms with Crippen molar-refractivity contribution in [1.29, 1.82) is 0 Å².